The van der Waals surface area contributed by atoms with Crippen LogP contribution < -0.4 is 5.32 Å². The van der Waals surface area contributed by atoms with Crippen molar-refractivity contribution in [2.24, 2.45) is 0 Å². The number of anilines is 2. The van der Waals surface area contributed by atoms with Crippen molar-refractivity contribution in [3.63, 3.8) is 0 Å². The van der Waals surface area contributed by atoms with E-state index in [9.17, 15) is 4.79 Å². The minimum Gasteiger partial charge on any atom is -0.323 e. The number of carbonyl (C=O) groups excluding carboxylic acids is 1. The lowest BCUT2D eigenvalue weighted by Crippen LogP contribution is -2.18. The predicted octanol–water partition coefficient (Wildman–Crippen LogP) is 4.47. The van der Waals surface area contributed by atoms with E-state index in [1.807, 2.05) is 36.4 Å². The summed E-state index contributed by atoms with van der Waals surface area (Å²) >= 11 is 6.01. The molecule has 1 aliphatic rings. The maximum atomic E-state index is 12.0. The number of halogens is 1. The number of hydrogen-bond donors (Lipinski definition) is 2. The Morgan fingerprint density at radius 1 is 0.964 bits per heavy atom. The Kier molecular flexibility index (Phi) is 4.06. The van der Waals surface area contributed by atoms with Gasteiger partial charge in [-0.3, -0.25) is 9.89 Å². The van der Waals surface area contributed by atoms with Gasteiger partial charge in [0.2, 0.25) is 0 Å². The van der Waals surface area contributed by atoms with E-state index in [0.717, 1.165) is 27.7 Å². The van der Waals surface area contributed by atoms with Crippen LogP contribution in [-0.2, 0) is 17.6 Å². The number of ketones is 1. The Hall–Kier alpha value is -3.25. The van der Waals surface area contributed by atoms with E-state index >= 15 is 0 Å². The van der Waals surface area contributed by atoms with Crippen molar-refractivity contribution in [2.75, 3.05) is 5.32 Å². The van der Waals surface area contributed by atoms with Crippen LogP contribution in [0.3, 0.4) is 0 Å². The molecule has 138 valence electrons. The number of aromatic amines is 1. The van der Waals surface area contributed by atoms with Gasteiger partial charge in [0.1, 0.15) is 11.6 Å². The third kappa shape index (κ3) is 3.01. The van der Waals surface area contributed by atoms with Crippen molar-refractivity contribution in [1.29, 1.82) is 0 Å². The summed E-state index contributed by atoms with van der Waals surface area (Å²) in [6.45, 7) is 0. The second kappa shape index (κ2) is 6.73. The molecule has 4 aromatic rings. The average molecular weight is 390 g/mol. The van der Waals surface area contributed by atoms with Gasteiger partial charge in [0.05, 0.1) is 11.2 Å². The Morgan fingerprint density at radius 2 is 1.79 bits per heavy atom. The number of Topliss-reactive ketones (excluding diaryl/α,β-unsaturated/α-hetero) is 1. The number of H-pyrrole nitrogens is 1. The lowest BCUT2D eigenvalue weighted by Gasteiger charge is -2.19. The number of rotatable bonds is 3. The SMILES string of the molecule is O=C1CCc2c(nc(-c3ccc(Cl)cc3)nc2Nc2n[nH]c3ccccc23)C1. The minimum absolute atomic E-state index is 0.199. The van der Waals surface area contributed by atoms with Gasteiger partial charge < -0.3 is 5.32 Å². The third-order valence-electron chi connectivity index (χ3n) is 4.92. The summed E-state index contributed by atoms with van der Waals surface area (Å²) in [5.74, 6) is 2.16. The number of nitrogens with one attached hydrogen (secondary N) is 2. The smallest absolute Gasteiger partial charge is 0.161 e. The zero-order chi connectivity index (χ0) is 19.1. The number of aromatic nitrogens is 4. The number of hydrogen-bond acceptors (Lipinski definition) is 5. The lowest BCUT2D eigenvalue weighted by molar-refractivity contribution is -0.118. The molecule has 0 fully saturated rings. The highest BCUT2D eigenvalue weighted by Crippen LogP contribution is 2.31. The zero-order valence-corrected chi connectivity index (χ0v) is 15.6. The molecule has 7 heteroatoms. The molecule has 0 aliphatic heterocycles. The number of nitrogens with zero attached hydrogens (tertiary/aromatic N) is 3. The van der Waals surface area contributed by atoms with E-state index in [1.165, 1.54) is 0 Å². The van der Waals surface area contributed by atoms with Gasteiger partial charge in [0, 0.05) is 34.4 Å². The fraction of sp³-hybridized carbons (Fsp3) is 0.143. The van der Waals surface area contributed by atoms with Gasteiger partial charge in [-0.1, -0.05) is 23.7 Å². The first kappa shape index (κ1) is 16.9. The molecule has 0 atom stereocenters. The number of fused-ring (bicyclic) bond motifs is 2. The molecule has 28 heavy (non-hydrogen) atoms. The van der Waals surface area contributed by atoms with E-state index in [1.54, 1.807) is 12.1 Å². The molecule has 2 heterocycles. The standard InChI is InChI=1S/C21H16ClN5O/c22-13-7-5-12(6-8-13)19-23-18-11-14(28)9-10-16(18)20(24-19)25-21-15-3-1-2-4-17(15)26-27-21/h1-8H,9-11H2,(H2,23,24,25,26,27). The molecular formula is C21H16ClN5O. The van der Waals surface area contributed by atoms with Gasteiger partial charge in [-0.25, -0.2) is 9.97 Å². The van der Waals surface area contributed by atoms with Crippen molar-refractivity contribution in [3.8, 4) is 11.4 Å². The molecule has 0 spiro atoms. The summed E-state index contributed by atoms with van der Waals surface area (Å²) in [4.78, 5) is 21.4. The average Bonchev–Trinajstić information content (AvgIpc) is 3.11. The minimum atomic E-state index is 0.199. The van der Waals surface area contributed by atoms with Crippen molar-refractivity contribution < 1.29 is 4.79 Å². The molecular weight excluding hydrogens is 374 g/mol. The van der Waals surface area contributed by atoms with Gasteiger partial charge in [-0.15, -0.1) is 0 Å². The monoisotopic (exact) mass is 389 g/mol. The maximum absolute atomic E-state index is 12.0. The second-order valence-electron chi connectivity index (χ2n) is 6.79. The summed E-state index contributed by atoms with van der Waals surface area (Å²) in [6.07, 6.45) is 1.46. The van der Waals surface area contributed by atoms with Gasteiger partial charge in [-0.2, -0.15) is 5.10 Å². The van der Waals surface area contributed by atoms with E-state index in [2.05, 4.69) is 20.5 Å². The summed E-state index contributed by atoms with van der Waals surface area (Å²) in [5.41, 5.74) is 3.55. The zero-order valence-electron chi connectivity index (χ0n) is 14.9. The Labute approximate surface area is 166 Å². The van der Waals surface area contributed by atoms with Crippen LogP contribution >= 0.6 is 11.6 Å². The molecule has 0 amide bonds. The Bertz CT molecular complexity index is 1200. The fourth-order valence-electron chi connectivity index (χ4n) is 3.48. The van der Waals surface area contributed by atoms with Crippen molar-refractivity contribution in [2.45, 2.75) is 19.3 Å². The first-order valence-corrected chi connectivity index (χ1v) is 9.43. The van der Waals surface area contributed by atoms with Crippen LogP contribution in [0, 0.1) is 0 Å². The molecule has 6 nitrogen and oxygen atoms in total. The summed E-state index contributed by atoms with van der Waals surface area (Å²) in [7, 11) is 0. The van der Waals surface area contributed by atoms with Crippen LogP contribution in [0.5, 0.6) is 0 Å². The first-order chi connectivity index (χ1) is 13.7. The number of benzene rings is 2. The fourth-order valence-corrected chi connectivity index (χ4v) is 3.61. The summed E-state index contributed by atoms with van der Waals surface area (Å²) in [6, 6.07) is 15.3. The van der Waals surface area contributed by atoms with Crippen molar-refractivity contribution in [1.82, 2.24) is 20.2 Å². The number of carbonyl (C=O) groups is 1. The normalized spacial score (nSPS) is 13.5. The lowest BCUT2D eigenvalue weighted by atomic mass is 9.95. The summed E-state index contributed by atoms with van der Waals surface area (Å²) < 4.78 is 0. The summed E-state index contributed by atoms with van der Waals surface area (Å²) in [5, 5.41) is 12.4. The molecule has 2 N–H and O–H groups in total. The van der Waals surface area contributed by atoms with Crippen LogP contribution in [-0.4, -0.2) is 25.9 Å². The molecule has 0 saturated heterocycles. The van der Waals surface area contributed by atoms with E-state index in [-0.39, 0.29) is 5.78 Å². The topological polar surface area (TPSA) is 83.6 Å². The van der Waals surface area contributed by atoms with E-state index in [4.69, 9.17) is 16.6 Å². The van der Waals surface area contributed by atoms with Gasteiger partial charge >= 0.3 is 0 Å². The molecule has 0 unspecified atom stereocenters. The highest BCUT2D eigenvalue weighted by Gasteiger charge is 2.23. The van der Waals surface area contributed by atoms with Crippen LogP contribution in [0.25, 0.3) is 22.3 Å². The highest BCUT2D eigenvalue weighted by atomic mass is 35.5. The van der Waals surface area contributed by atoms with Gasteiger partial charge in [-0.05, 0) is 42.8 Å². The van der Waals surface area contributed by atoms with Crippen molar-refractivity contribution >= 4 is 39.9 Å². The first-order valence-electron chi connectivity index (χ1n) is 9.05. The van der Waals surface area contributed by atoms with Gasteiger partial charge in [0.25, 0.3) is 0 Å². The van der Waals surface area contributed by atoms with E-state index < -0.39 is 0 Å². The second-order valence-corrected chi connectivity index (χ2v) is 7.22. The molecule has 0 bridgehead atoms. The third-order valence-corrected chi connectivity index (χ3v) is 5.17. The van der Waals surface area contributed by atoms with Gasteiger partial charge in [0.15, 0.2) is 11.6 Å². The Morgan fingerprint density at radius 3 is 2.64 bits per heavy atom. The predicted molar refractivity (Wildman–Crippen MR) is 109 cm³/mol. The highest BCUT2D eigenvalue weighted by molar-refractivity contribution is 6.30. The number of para-hydroxylation sites is 1. The van der Waals surface area contributed by atoms with Crippen molar-refractivity contribution in [3.05, 3.63) is 64.8 Å². The van der Waals surface area contributed by atoms with Crippen LogP contribution in [0.1, 0.15) is 17.7 Å². The maximum Gasteiger partial charge on any atom is 0.161 e. The largest absolute Gasteiger partial charge is 0.323 e. The molecule has 5 rings (SSSR count). The molecule has 0 radical (unpaired) electrons. The molecule has 1 aliphatic carbocycles. The van der Waals surface area contributed by atoms with Crippen LogP contribution in [0.15, 0.2) is 48.5 Å². The molecule has 2 aromatic carbocycles. The Balaban J connectivity index is 1.63. The van der Waals surface area contributed by atoms with Crippen LogP contribution in [0.4, 0.5) is 11.6 Å². The molecule has 0 saturated carbocycles. The quantitative estimate of drug-likeness (QED) is 0.540. The molecule has 2 aromatic heterocycles. The van der Waals surface area contributed by atoms with E-state index in [0.29, 0.717) is 41.7 Å². The van der Waals surface area contributed by atoms with Crippen LogP contribution in [0.2, 0.25) is 5.02 Å².